The van der Waals surface area contributed by atoms with Crippen LogP contribution in [-0.2, 0) is 0 Å². The van der Waals surface area contributed by atoms with Gasteiger partial charge in [-0.3, -0.25) is 4.79 Å². The van der Waals surface area contributed by atoms with Gasteiger partial charge in [-0.25, -0.2) is 0 Å². The Kier molecular flexibility index (Phi) is 6.45. The highest BCUT2D eigenvalue weighted by Crippen LogP contribution is 2.29. The number of benzene rings is 2. The molecule has 1 heterocycles. The van der Waals surface area contributed by atoms with Crippen molar-refractivity contribution < 1.29 is 14.3 Å². The van der Waals surface area contributed by atoms with Crippen LogP contribution in [0.4, 0.5) is 5.69 Å². The zero-order chi connectivity index (χ0) is 19.2. The highest BCUT2D eigenvalue weighted by atomic mass is 35.5. The fourth-order valence-corrected chi connectivity index (χ4v) is 3.47. The van der Waals surface area contributed by atoms with Gasteiger partial charge in [0.1, 0.15) is 18.1 Å². The second-order valence-electron chi connectivity index (χ2n) is 6.61. The first-order chi connectivity index (χ1) is 13.1. The molecule has 1 saturated heterocycles. The molecule has 2 aromatic rings. The van der Waals surface area contributed by atoms with E-state index < -0.39 is 0 Å². The number of hydrogen-bond donors (Lipinski definition) is 0. The summed E-state index contributed by atoms with van der Waals surface area (Å²) in [6.45, 7) is 2.92. The van der Waals surface area contributed by atoms with Gasteiger partial charge in [-0.15, -0.1) is 0 Å². The summed E-state index contributed by atoms with van der Waals surface area (Å²) in [5.74, 6) is 1.39. The second kappa shape index (κ2) is 9.00. The Bertz CT molecular complexity index is 791. The first-order valence-corrected chi connectivity index (χ1v) is 9.53. The molecule has 3 rings (SSSR count). The Morgan fingerprint density at radius 1 is 1.15 bits per heavy atom. The number of amides is 1. The van der Waals surface area contributed by atoms with Crippen LogP contribution in [0, 0.1) is 0 Å². The van der Waals surface area contributed by atoms with Crippen LogP contribution < -0.4 is 14.4 Å². The Labute approximate surface area is 165 Å². The molecule has 1 aliphatic rings. The number of likely N-dealkylation sites (N-methyl/N-ethyl adjacent to an activating group) is 1. The van der Waals surface area contributed by atoms with E-state index in [9.17, 15) is 4.79 Å². The third-order valence-electron chi connectivity index (χ3n) is 4.72. The van der Waals surface area contributed by atoms with Gasteiger partial charge in [0.2, 0.25) is 0 Å². The van der Waals surface area contributed by atoms with E-state index in [1.807, 2.05) is 36.4 Å². The van der Waals surface area contributed by atoms with Gasteiger partial charge >= 0.3 is 0 Å². The number of carbonyl (C=O) groups is 1. The van der Waals surface area contributed by atoms with Crippen LogP contribution in [-0.4, -0.2) is 51.2 Å². The molecule has 5 nitrogen and oxygen atoms in total. The monoisotopic (exact) mass is 388 g/mol. The molecule has 0 N–H and O–H groups in total. The predicted octanol–water partition coefficient (Wildman–Crippen LogP) is 4.10. The molecule has 144 valence electrons. The van der Waals surface area contributed by atoms with E-state index in [-0.39, 0.29) is 5.91 Å². The SMILES string of the molecule is COc1cccc(OCCN(C)C(=O)c2ccc(N3CCCC3)c(Cl)c2)c1. The summed E-state index contributed by atoms with van der Waals surface area (Å²) in [6, 6.07) is 13.0. The molecular weight excluding hydrogens is 364 g/mol. The highest BCUT2D eigenvalue weighted by molar-refractivity contribution is 6.33. The minimum atomic E-state index is -0.0703. The molecule has 1 aliphatic heterocycles. The Balaban J connectivity index is 1.55. The molecule has 0 aromatic heterocycles. The smallest absolute Gasteiger partial charge is 0.253 e. The number of anilines is 1. The zero-order valence-corrected chi connectivity index (χ0v) is 16.5. The van der Waals surface area contributed by atoms with Crippen molar-refractivity contribution >= 4 is 23.2 Å². The predicted molar refractivity (Wildman–Crippen MR) is 108 cm³/mol. The third kappa shape index (κ3) is 4.86. The van der Waals surface area contributed by atoms with E-state index in [1.165, 1.54) is 12.8 Å². The fraction of sp³-hybridized carbons (Fsp3) is 0.381. The molecule has 0 unspecified atom stereocenters. The maximum atomic E-state index is 12.7. The van der Waals surface area contributed by atoms with Crippen molar-refractivity contribution in [3.05, 3.63) is 53.1 Å². The van der Waals surface area contributed by atoms with E-state index in [1.54, 1.807) is 25.1 Å². The minimum absolute atomic E-state index is 0.0703. The standard InChI is InChI=1S/C21H25ClN2O3/c1-23(12-13-27-18-7-5-6-17(15-18)26-2)21(25)16-8-9-20(19(22)14-16)24-10-3-4-11-24/h5-9,14-15H,3-4,10-13H2,1-2H3. The van der Waals surface area contributed by atoms with E-state index >= 15 is 0 Å². The van der Waals surface area contributed by atoms with Crippen LogP contribution in [0.1, 0.15) is 23.2 Å². The van der Waals surface area contributed by atoms with Gasteiger partial charge in [-0.2, -0.15) is 0 Å². The lowest BCUT2D eigenvalue weighted by Crippen LogP contribution is -2.31. The van der Waals surface area contributed by atoms with Crippen LogP contribution in [0.15, 0.2) is 42.5 Å². The van der Waals surface area contributed by atoms with Crippen LogP contribution in [0.3, 0.4) is 0 Å². The number of methoxy groups -OCH3 is 1. The maximum absolute atomic E-state index is 12.7. The molecule has 1 amide bonds. The molecular formula is C21H25ClN2O3. The topological polar surface area (TPSA) is 42.0 Å². The number of hydrogen-bond acceptors (Lipinski definition) is 4. The van der Waals surface area contributed by atoms with Crippen molar-refractivity contribution in [2.24, 2.45) is 0 Å². The lowest BCUT2D eigenvalue weighted by Gasteiger charge is -2.21. The Morgan fingerprint density at radius 2 is 1.89 bits per heavy atom. The van der Waals surface area contributed by atoms with Gasteiger partial charge in [-0.1, -0.05) is 17.7 Å². The molecule has 0 spiro atoms. The Morgan fingerprint density at radius 3 is 2.59 bits per heavy atom. The average Bonchev–Trinajstić information content (AvgIpc) is 3.21. The van der Waals surface area contributed by atoms with E-state index in [4.69, 9.17) is 21.1 Å². The molecule has 0 saturated carbocycles. The summed E-state index contributed by atoms with van der Waals surface area (Å²) in [6.07, 6.45) is 2.38. The molecule has 0 radical (unpaired) electrons. The van der Waals surface area contributed by atoms with Crippen LogP contribution in [0.5, 0.6) is 11.5 Å². The average molecular weight is 389 g/mol. The number of carbonyl (C=O) groups excluding carboxylic acids is 1. The van der Waals surface area contributed by atoms with Crippen molar-refractivity contribution in [2.45, 2.75) is 12.8 Å². The van der Waals surface area contributed by atoms with E-state index in [2.05, 4.69) is 4.90 Å². The third-order valence-corrected chi connectivity index (χ3v) is 5.03. The number of rotatable bonds is 7. The molecule has 27 heavy (non-hydrogen) atoms. The lowest BCUT2D eigenvalue weighted by atomic mass is 10.1. The number of halogens is 1. The minimum Gasteiger partial charge on any atom is -0.497 e. The van der Waals surface area contributed by atoms with Gasteiger partial charge < -0.3 is 19.3 Å². The zero-order valence-electron chi connectivity index (χ0n) is 15.8. The van der Waals surface area contributed by atoms with Crippen molar-refractivity contribution in [2.75, 3.05) is 45.3 Å². The van der Waals surface area contributed by atoms with Gasteiger partial charge in [0.25, 0.3) is 5.91 Å². The summed E-state index contributed by atoms with van der Waals surface area (Å²) in [7, 11) is 3.38. The fourth-order valence-electron chi connectivity index (χ4n) is 3.17. The van der Waals surface area contributed by atoms with Crippen molar-refractivity contribution in [3.8, 4) is 11.5 Å². The molecule has 2 aromatic carbocycles. The van der Waals surface area contributed by atoms with Crippen molar-refractivity contribution in [1.82, 2.24) is 4.90 Å². The molecule has 0 atom stereocenters. The molecule has 6 heteroatoms. The van der Waals surface area contributed by atoms with Crippen molar-refractivity contribution in [3.63, 3.8) is 0 Å². The van der Waals surface area contributed by atoms with Gasteiger partial charge in [-0.05, 0) is 43.2 Å². The Hall–Kier alpha value is -2.40. The molecule has 1 fully saturated rings. The van der Waals surface area contributed by atoms with Gasteiger partial charge in [0, 0.05) is 31.8 Å². The quantitative estimate of drug-likeness (QED) is 0.716. The summed E-state index contributed by atoms with van der Waals surface area (Å²) >= 11 is 6.42. The summed E-state index contributed by atoms with van der Waals surface area (Å²) < 4.78 is 10.9. The van der Waals surface area contributed by atoms with Crippen LogP contribution in [0.2, 0.25) is 5.02 Å². The van der Waals surface area contributed by atoms with Crippen LogP contribution >= 0.6 is 11.6 Å². The molecule has 0 aliphatic carbocycles. The summed E-state index contributed by atoms with van der Waals surface area (Å²) in [4.78, 5) is 16.6. The van der Waals surface area contributed by atoms with E-state index in [0.717, 1.165) is 24.5 Å². The maximum Gasteiger partial charge on any atom is 0.253 e. The lowest BCUT2D eigenvalue weighted by molar-refractivity contribution is 0.0773. The highest BCUT2D eigenvalue weighted by Gasteiger charge is 2.18. The first-order valence-electron chi connectivity index (χ1n) is 9.15. The first kappa shape index (κ1) is 19.4. The number of ether oxygens (including phenoxy) is 2. The number of nitrogens with zero attached hydrogens (tertiary/aromatic N) is 2. The van der Waals surface area contributed by atoms with Crippen LogP contribution in [0.25, 0.3) is 0 Å². The normalized spacial score (nSPS) is 13.5. The summed E-state index contributed by atoms with van der Waals surface area (Å²) in [5, 5.41) is 0.629. The molecule has 0 bridgehead atoms. The van der Waals surface area contributed by atoms with Gasteiger partial charge in [0.05, 0.1) is 24.4 Å². The van der Waals surface area contributed by atoms with Gasteiger partial charge in [0.15, 0.2) is 0 Å². The van der Waals surface area contributed by atoms with E-state index in [0.29, 0.717) is 29.5 Å². The van der Waals surface area contributed by atoms with Crippen molar-refractivity contribution in [1.29, 1.82) is 0 Å². The largest absolute Gasteiger partial charge is 0.497 e. The summed E-state index contributed by atoms with van der Waals surface area (Å²) in [5.41, 5.74) is 1.60. The second-order valence-corrected chi connectivity index (χ2v) is 7.02.